The van der Waals surface area contributed by atoms with Crippen molar-refractivity contribution >= 4 is 39.1 Å². The molecule has 5 nitrogen and oxygen atoms in total. The molecule has 144 valence electrons. The van der Waals surface area contributed by atoms with Gasteiger partial charge in [0.15, 0.2) is 0 Å². The van der Waals surface area contributed by atoms with Gasteiger partial charge in [0, 0.05) is 25.7 Å². The first-order valence-corrected chi connectivity index (χ1v) is 10.2. The number of thiazole rings is 1. The van der Waals surface area contributed by atoms with Crippen LogP contribution in [0.1, 0.15) is 30.0 Å². The Bertz CT molecular complexity index is 995. The third-order valence-corrected chi connectivity index (χ3v) is 6.62. The Morgan fingerprint density at radius 1 is 1.21 bits per heavy atom. The van der Waals surface area contributed by atoms with E-state index in [2.05, 4.69) is 4.98 Å². The maximum absolute atomic E-state index is 13.1. The van der Waals surface area contributed by atoms with Crippen LogP contribution in [-0.2, 0) is 9.59 Å². The summed E-state index contributed by atoms with van der Waals surface area (Å²) in [6.45, 7) is 4.43. The first-order chi connectivity index (χ1) is 13.4. The van der Waals surface area contributed by atoms with Gasteiger partial charge < -0.3 is 9.80 Å². The van der Waals surface area contributed by atoms with E-state index in [9.17, 15) is 9.59 Å². The predicted molar refractivity (Wildman–Crippen MR) is 112 cm³/mol. The number of carbonyl (C=O) groups is 2. The van der Waals surface area contributed by atoms with Crippen LogP contribution in [0.2, 0.25) is 0 Å². The Hall–Kier alpha value is -2.73. The molecule has 1 saturated heterocycles. The van der Waals surface area contributed by atoms with E-state index in [-0.39, 0.29) is 30.2 Å². The number of hydrogen-bond donors (Lipinski definition) is 0. The summed E-state index contributed by atoms with van der Waals surface area (Å²) < 4.78 is 1.12. The number of anilines is 1. The molecule has 1 aliphatic heterocycles. The first-order valence-electron chi connectivity index (χ1n) is 9.43. The SMILES string of the molecule is Cc1ccc(N2C[C@@H](C(=O)N(C)[C@@H](C)c3nc4ccccc4s3)CC2=O)cc1. The third kappa shape index (κ3) is 3.40. The maximum atomic E-state index is 13.1. The molecule has 1 aromatic heterocycles. The van der Waals surface area contributed by atoms with E-state index >= 15 is 0 Å². The molecule has 0 spiro atoms. The van der Waals surface area contributed by atoms with Crippen LogP contribution in [0.3, 0.4) is 0 Å². The Morgan fingerprint density at radius 2 is 1.93 bits per heavy atom. The van der Waals surface area contributed by atoms with E-state index in [4.69, 9.17) is 0 Å². The van der Waals surface area contributed by atoms with Gasteiger partial charge in [0.2, 0.25) is 11.8 Å². The van der Waals surface area contributed by atoms with E-state index < -0.39 is 0 Å². The number of amides is 2. The predicted octanol–water partition coefficient (Wildman–Crippen LogP) is 4.18. The second-order valence-corrected chi connectivity index (χ2v) is 8.45. The number of nitrogens with zero attached hydrogens (tertiary/aromatic N) is 3. The van der Waals surface area contributed by atoms with Crippen molar-refractivity contribution in [2.75, 3.05) is 18.5 Å². The minimum Gasteiger partial charge on any atom is -0.336 e. The van der Waals surface area contributed by atoms with Gasteiger partial charge in [-0.2, -0.15) is 0 Å². The molecule has 3 aromatic rings. The molecule has 1 fully saturated rings. The summed E-state index contributed by atoms with van der Waals surface area (Å²) in [4.78, 5) is 33.7. The summed E-state index contributed by atoms with van der Waals surface area (Å²) in [7, 11) is 1.80. The monoisotopic (exact) mass is 393 g/mol. The number of fused-ring (bicyclic) bond motifs is 1. The normalized spacial score (nSPS) is 17.9. The number of hydrogen-bond acceptors (Lipinski definition) is 4. The Labute approximate surface area is 168 Å². The van der Waals surface area contributed by atoms with Gasteiger partial charge in [0.05, 0.1) is 22.2 Å². The summed E-state index contributed by atoms with van der Waals surface area (Å²) in [6.07, 6.45) is 0.254. The number of aryl methyl sites for hydroxylation is 1. The average Bonchev–Trinajstić information content (AvgIpc) is 3.30. The van der Waals surface area contributed by atoms with Crippen LogP contribution in [-0.4, -0.2) is 35.3 Å². The van der Waals surface area contributed by atoms with Crippen molar-refractivity contribution in [1.29, 1.82) is 0 Å². The zero-order valence-electron chi connectivity index (χ0n) is 16.3. The Balaban J connectivity index is 1.49. The van der Waals surface area contributed by atoms with Crippen LogP contribution in [0.5, 0.6) is 0 Å². The van der Waals surface area contributed by atoms with Crippen LogP contribution in [0, 0.1) is 12.8 Å². The number of benzene rings is 2. The summed E-state index contributed by atoms with van der Waals surface area (Å²) in [5, 5.41) is 0.914. The van der Waals surface area contributed by atoms with Crippen molar-refractivity contribution in [3.8, 4) is 0 Å². The van der Waals surface area contributed by atoms with Gasteiger partial charge in [-0.15, -0.1) is 11.3 Å². The smallest absolute Gasteiger partial charge is 0.228 e. The van der Waals surface area contributed by atoms with E-state index in [1.807, 2.05) is 62.4 Å². The van der Waals surface area contributed by atoms with Crippen molar-refractivity contribution in [3.63, 3.8) is 0 Å². The van der Waals surface area contributed by atoms with Crippen LogP contribution in [0.4, 0.5) is 5.69 Å². The fourth-order valence-corrected chi connectivity index (χ4v) is 4.62. The molecule has 2 heterocycles. The summed E-state index contributed by atoms with van der Waals surface area (Å²) >= 11 is 1.61. The fraction of sp³-hybridized carbons (Fsp3) is 0.318. The number of para-hydroxylation sites is 1. The van der Waals surface area contributed by atoms with Crippen LogP contribution in [0.25, 0.3) is 10.2 Å². The second kappa shape index (κ2) is 7.36. The standard InChI is InChI=1S/C22H23N3O2S/c1-14-8-10-17(11-9-14)25-13-16(12-20(25)26)22(27)24(3)15(2)21-23-18-6-4-5-7-19(18)28-21/h4-11,15-16H,12-13H2,1-3H3/t15-,16-/m0/s1. The first kappa shape index (κ1) is 18.6. The maximum Gasteiger partial charge on any atom is 0.228 e. The van der Waals surface area contributed by atoms with Gasteiger partial charge >= 0.3 is 0 Å². The molecule has 1 aliphatic rings. The van der Waals surface area contributed by atoms with Gasteiger partial charge in [-0.3, -0.25) is 9.59 Å². The van der Waals surface area contributed by atoms with Gasteiger partial charge in [-0.1, -0.05) is 29.8 Å². The Kier molecular flexibility index (Phi) is 4.89. The fourth-order valence-electron chi connectivity index (χ4n) is 3.56. The lowest BCUT2D eigenvalue weighted by molar-refractivity contribution is -0.136. The Morgan fingerprint density at radius 3 is 2.64 bits per heavy atom. The van der Waals surface area contributed by atoms with Crippen molar-refractivity contribution < 1.29 is 9.59 Å². The molecule has 2 aromatic carbocycles. The van der Waals surface area contributed by atoms with Gasteiger partial charge in [-0.05, 0) is 38.1 Å². The molecule has 0 bridgehead atoms. The van der Waals surface area contributed by atoms with E-state index in [1.165, 1.54) is 0 Å². The van der Waals surface area contributed by atoms with Crippen LogP contribution < -0.4 is 4.90 Å². The van der Waals surface area contributed by atoms with Crippen molar-refractivity contribution in [3.05, 3.63) is 59.1 Å². The lowest BCUT2D eigenvalue weighted by Crippen LogP contribution is -2.36. The van der Waals surface area contributed by atoms with Crippen molar-refractivity contribution in [2.45, 2.75) is 26.3 Å². The third-order valence-electron chi connectivity index (χ3n) is 5.42. The van der Waals surface area contributed by atoms with E-state index in [1.54, 1.807) is 28.2 Å². The molecule has 0 N–H and O–H groups in total. The molecule has 0 aliphatic carbocycles. The molecule has 28 heavy (non-hydrogen) atoms. The topological polar surface area (TPSA) is 53.5 Å². The van der Waals surface area contributed by atoms with Crippen LogP contribution in [0.15, 0.2) is 48.5 Å². The largest absolute Gasteiger partial charge is 0.336 e. The number of aromatic nitrogens is 1. The van der Waals surface area contributed by atoms with Gasteiger partial charge in [0.1, 0.15) is 5.01 Å². The zero-order chi connectivity index (χ0) is 19.8. The highest BCUT2D eigenvalue weighted by atomic mass is 32.1. The van der Waals surface area contributed by atoms with E-state index in [0.29, 0.717) is 6.54 Å². The minimum atomic E-state index is -0.323. The lowest BCUT2D eigenvalue weighted by atomic mass is 10.1. The average molecular weight is 394 g/mol. The molecule has 0 radical (unpaired) electrons. The van der Waals surface area contributed by atoms with Gasteiger partial charge in [0.25, 0.3) is 0 Å². The quantitative estimate of drug-likeness (QED) is 0.668. The second-order valence-electron chi connectivity index (χ2n) is 7.39. The number of carbonyl (C=O) groups excluding carboxylic acids is 2. The summed E-state index contributed by atoms with van der Waals surface area (Å²) in [6, 6.07) is 15.7. The molecule has 2 atom stereocenters. The van der Waals surface area contributed by atoms with Crippen molar-refractivity contribution in [1.82, 2.24) is 9.88 Å². The highest BCUT2D eigenvalue weighted by Gasteiger charge is 2.37. The number of rotatable bonds is 4. The molecular formula is C22H23N3O2S. The zero-order valence-corrected chi connectivity index (χ0v) is 17.1. The molecular weight excluding hydrogens is 370 g/mol. The van der Waals surface area contributed by atoms with Crippen LogP contribution >= 0.6 is 11.3 Å². The highest BCUT2D eigenvalue weighted by Crippen LogP contribution is 2.32. The van der Waals surface area contributed by atoms with E-state index in [0.717, 1.165) is 26.5 Å². The minimum absolute atomic E-state index is 0.00300. The molecule has 6 heteroatoms. The highest BCUT2D eigenvalue weighted by molar-refractivity contribution is 7.18. The van der Waals surface area contributed by atoms with Gasteiger partial charge in [-0.25, -0.2) is 4.98 Å². The summed E-state index contributed by atoms with van der Waals surface area (Å²) in [5.41, 5.74) is 2.96. The lowest BCUT2D eigenvalue weighted by Gasteiger charge is -2.26. The molecule has 2 amide bonds. The molecule has 0 saturated carbocycles. The molecule has 4 rings (SSSR count). The van der Waals surface area contributed by atoms with Crippen molar-refractivity contribution in [2.24, 2.45) is 5.92 Å². The summed E-state index contributed by atoms with van der Waals surface area (Å²) in [5.74, 6) is -0.325. The molecule has 0 unspecified atom stereocenters.